The minimum absolute atomic E-state index is 0.106. The predicted molar refractivity (Wildman–Crippen MR) is 88.7 cm³/mol. The van der Waals surface area contributed by atoms with Gasteiger partial charge in [0.15, 0.2) is 11.4 Å². The lowest BCUT2D eigenvalue weighted by atomic mass is 9.44. The van der Waals surface area contributed by atoms with Crippen molar-refractivity contribution in [2.45, 2.75) is 76.4 Å². The second-order valence-electron chi connectivity index (χ2n) is 9.07. The summed E-state index contributed by atoms with van der Waals surface area (Å²) in [6.07, 6.45) is 7.32. The summed E-state index contributed by atoms with van der Waals surface area (Å²) in [7, 11) is 0. The largest absolute Gasteiger partial charge is 0.389 e. The van der Waals surface area contributed by atoms with Gasteiger partial charge in [-0.25, -0.2) is 0 Å². The fourth-order valence-electron chi connectivity index (χ4n) is 6.70. The molecule has 4 heteroatoms. The van der Waals surface area contributed by atoms with Crippen LogP contribution >= 0.6 is 0 Å². The Bertz CT molecular complexity index is 679. The molecule has 6 atom stereocenters. The number of carbonyl (C=O) groups is 1. The molecule has 130 valence electrons. The van der Waals surface area contributed by atoms with Crippen LogP contribution < -0.4 is 0 Å². The minimum Gasteiger partial charge on any atom is -0.389 e. The third kappa shape index (κ3) is 1.68. The smallest absolute Gasteiger partial charge is 0.156 e. The van der Waals surface area contributed by atoms with Crippen LogP contribution in [0.3, 0.4) is 0 Å². The highest BCUT2D eigenvalue weighted by Gasteiger charge is 2.69. The zero-order valence-corrected chi connectivity index (χ0v) is 14.6. The molecule has 0 unspecified atom stereocenters. The van der Waals surface area contributed by atoms with Gasteiger partial charge in [-0.2, -0.15) is 5.26 Å². The van der Waals surface area contributed by atoms with Crippen molar-refractivity contribution in [1.29, 1.82) is 5.26 Å². The molecule has 0 amide bonds. The zero-order chi connectivity index (χ0) is 17.4. The van der Waals surface area contributed by atoms with Gasteiger partial charge in [-0.3, -0.25) is 4.79 Å². The molecule has 0 radical (unpaired) electrons. The lowest BCUT2D eigenvalue weighted by molar-refractivity contribution is -0.202. The van der Waals surface area contributed by atoms with Crippen molar-refractivity contribution >= 4 is 5.78 Å². The van der Waals surface area contributed by atoms with Crippen LogP contribution in [0.2, 0.25) is 0 Å². The summed E-state index contributed by atoms with van der Waals surface area (Å²) >= 11 is 0. The van der Waals surface area contributed by atoms with Crippen LogP contribution in [0, 0.1) is 34.0 Å². The maximum absolute atomic E-state index is 11.9. The molecule has 3 saturated carbocycles. The molecule has 4 nitrogen and oxygen atoms in total. The number of ketones is 1. The molecule has 0 aromatic carbocycles. The number of carbonyl (C=O) groups excluding carboxylic acids is 1. The van der Waals surface area contributed by atoms with Gasteiger partial charge in [0, 0.05) is 17.3 Å². The van der Waals surface area contributed by atoms with E-state index in [4.69, 9.17) is 0 Å². The van der Waals surface area contributed by atoms with Crippen LogP contribution in [0.4, 0.5) is 0 Å². The van der Waals surface area contributed by atoms with Gasteiger partial charge in [0.1, 0.15) is 0 Å². The fourth-order valence-corrected chi connectivity index (χ4v) is 6.70. The average molecular weight is 329 g/mol. The van der Waals surface area contributed by atoms with E-state index in [-0.39, 0.29) is 23.0 Å². The second kappa shape index (κ2) is 4.71. The first-order chi connectivity index (χ1) is 11.2. The van der Waals surface area contributed by atoms with Crippen molar-refractivity contribution in [1.82, 2.24) is 0 Å². The molecule has 24 heavy (non-hydrogen) atoms. The molecule has 0 aromatic rings. The molecule has 0 aliphatic heterocycles. The summed E-state index contributed by atoms with van der Waals surface area (Å²) in [6, 6.07) is 2.18. The Morgan fingerprint density at radius 3 is 2.54 bits per heavy atom. The summed E-state index contributed by atoms with van der Waals surface area (Å²) in [5.41, 5.74) is -1.73. The summed E-state index contributed by atoms with van der Waals surface area (Å²) in [5, 5.41) is 32.2. The van der Waals surface area contributed by atoms with E-state index in [0.717, 1.165) is 31.3 Å². The number of fused-ring (bicyclic) bond motifs is 5. The molecular formula is C20H27NO3. The van der Waals surface area contributed by atoms with Crippen molar-refractivity contribution in [2.24, 2.45) is 22.7 Å². The Kier molecular flexibility index (Phi) is 3.20. The quantitative estimate of drug-likeness (QED) is 0.670. The fraction of sp³-hybridized carbons (Fsp3) is 0.800. The molecule has 0 heterocycles. The zero-order valence-electron chi connectivity index (χ0n) is 14.6. The van der Waals surface area contributed by atoms with Gasteiger partial charge < -0.3 is 10.2 Å². The van der Waals surface area contributed by atoms with Gasteiger partial charge in [0.05, 0.1) is 11.7 Å². The monoisotopic (exact) mass is 329 g/mol. The number of nitriles is 1. The lowest BCUT2D eigenvalue weighted by Gasteiger charge is -2.63. The molecule has 0 spiro atoms. The second-order valence-corrected chi connectivity index (χ2v) is 9.07. The number of aliphatic hydroxyl groups is 2. The van der Waals surface area contributed by atoms with Crippen LogP contribution in [-0.4, -0.2) is 27.2 Å². The molecule has 0 saturated heterocycles. The van der Waals surface area contributed by atoms with Crippen LogP contribution in [0.5, 0.6) is 0 Å². The standard InChI is InChI=1S/C20H27NO3/c1-17-7-5-14(22)11-13(17)3-4-16-15-6-8-19(23,12-21)18(15,2)9-10-20(16,17)24/h11,15-16,23-24H,3-10H2,1-2H3/t15-,16-,17+,18+,19+,20-/m1/s1. The minimum atomic E-state index is -1.27. The predicted octanol–water partition coefficient (Wildman–Crippen LogP) is 2.89. The molecule has 4 aliphatic rings. The maximum Gasteiger partial charge on any atom is 0.156 e. The summed E-state index contributed by atoms with van der Waals surface area (Å²) < 4.78 is 0. The lowest BCUT2D eigenvalue weighted by Crippen LogP contribution is -2.64. The molecule has 3 fully saturated rings. The van der Waals surface area contributed by atoms with Crippen molar-refractivity contribution in [3.05, 3.63) is 11.6 Å². The normalized spacial score (nSPS) is 53.5. The number of rotatable bonds is 0. The van der Waals surface area contributed by atoms with Gasteiger partial charge in [0.2, 0.25) is 0 Å². The molecular weight excluding hydrogens is 302 g/mol. The number of hydrogen-bond donors (Lipinski definition) is 2. The van der Waals surface area contributed by atoms with Crippen LogP contribution in [-0.2, 0) is 4.79 Å². The Morgan fingerprint density at radius 1 is 1.08 bits per heavy atom. The maximum atomic E-state index is 11.9. The van der Waals surface area contributed by atoms with E-state index >= 15 is 0 Å². The van der Waals surface area contributed by atoms with E-state index in [9.17, 15) is 20.3 Å². The molecule has 0 aromatic heterocycles. The Morgan fingerprint density at radius 2 is 1.83 bits per heavy atom. The van der Waals surface area contributed by atoms with Gasteiger partial charge in [0.25, 0.3) is 0 Å². The first kappa shape index (κ1) is 16.3. The third-order valence-electron chi connectivity index (χ3n) is 8.49. The van der Waals surface area contributed by atoms with E-state index in [0.29, 0.717) is 25.7 Å². The summed E-state index contributed by atoms with van der Waals surface area (Å²) in [6.45, 7) is 4.18. The molecule has 2 N–H and O–H groups in total. The van der Waals surface area contributed by atoms with Crippen molar-refractivity contribution in [3.63, 3.8) is 0 Å². The first-order valence-corrected chi connectivity index (χ1v) is 9.30. The molecule has 0 bridgehead atoms. The summed E-state index contributed by atoms with van der Waals surface area (Å²) in [5.74, 6) is 0.468. The first-order valence-electron chi connectivity index (χ1n) is 9.30. The van der Waals surface area contributed by atoms with E-state index in [1.807, 2.05) is 6.92 Å². The van der Waals surface area contributed by atoms with Crippen molar-refractivity contribution < 1.29 is 15.0 Å². The van der Waals surface area contributed by atoms with E-state index < -0.39 is 16.6 Å². The summed E-state index contributed by atoms with van der Waals surface area (Å²) in [4.78, 5) is 11.9. The van der Waals surface area contributed by atoms with E-state index in [1.54, 1.807) is 6.08 Å². The highest BCUT2D eigenvalue weighted by molar-refractivity contribution is 5.91. The van der Waals surface area contributed by atoms with Gasteiger partial charge in [-0.1, -0.05) is 19.4 Å². The van der Waals surface area contributed by atoms with E-state index in [2.05, 4.69) is 13.0 Å². The number of hydrogen-bond acceptors (Lipinski definition) is 4. The van der Waals surface area contributed by atoms with Crippen molar-refractivity contribution in [2.75, 3.05) is 0 Å². The Balaban J connectivity index is 1.77. The Labute approximate surface area is 143 Å². The SMILES string of the molecule is C[C@]12CCC(=O)C=C1CC[C@@H]1[C@H]3CC[C@](O)(C#N)[C@@]3(C)CC[C@@]12O. The van der Waals surface area contributed by atoms with Crippen LogP contribution in [0.15, 0.2) is 11.6 Å². The topological polar surface area (TPSA) is 81.3 Å². The van der Waals surface area contributed by atoms with Gasteiger partial charge in [-0.05, 0) is 62.9 Å². The molecule has 4 aliphatic carbocycles. The Hall–Kier alpha value is -1.18. The van der Waals surface area contributed by atoms with Crippen molar-refractivity contribution in [3.8, 4) is 6.07 Å². The van der Waals surface area contributed by atoms with Crippen LogP contribution in [0.25, 0.3) is 0 Å². The van der Waals surface area contributed by atoms with Crippen LogP contribution in [0.1, 0.15) is 65.2 Å². The average Bonchev–Trinajstić information content (AvgIpc) is 2.82. The molecule has 4 rings (SSSR count). The van der Waals surface area contributed by atoms with Gasteiger partial charge in [-0.15, -0.1) is 0 Å². The third-order valence-corrected chi connectivity index (χ3v) is 8.49. The highest BCUT2D eigenvalue weighted by atomic mass is 16.3. The van der Waals surface area contributed by atoms with E-state index in [1.165, 1.54) is 0 Å². The van der Waals surface area contributed by atoms with Gasteiger partial charge >= 0.3 is 0 Å². The number of nitrogens with zero attached hydrogens (tertiary/aromatic N) is 1. The highest BCUT2D eigenvalue weighted by Crippen LogP contribution is 2.68.